The van der Waals surface area contributed by atoms with E-state index in [1.54, 1.807) is 0 Å². The van der Waals surface area contributed by atoms with E-state index in [1.165, 1.54) is 13.8 Å². The van der Waals surface area contributed by atoms with E-state index < -0.39 is 30.0 Å². The first-order valence-electron chi connectivity index (χ1n) is 4.97. The molecule has 6 heteroatoms. The van der Waals surface area contributed by atoms with Crippen molar-refractivity contribution in [2.75, 3.05) is 0 Å². The van der Waals surface area contributed by atoms with Gasteiger partial charge in [-0.25, -0.2) is 0 Å². The van der Waals surface area contributed by atoms with Crippen molar-refractivity contribution in [1.29, 1.82) is 0 Å². The van der Waals surface area contributed by atoms with Crippen LogP contribution < -0.4 is 0 Å². The summed E-state index contributed by atoms with van der Waals surface area (Å²) in [5, 5.41) is 0. The summed E-state index contributed by atoms with van der Waals surface area (Å²) >= 11 is 0. The number of carbonyl (C=O) groups excluding carboxylic acids is 2. The number of hydrogen-bond donors (Lipinski definition) is 0. The topological polar surface area (TPSA) is 43.4 Å². The van der Waals surface area contributed by atoms with Crippen molar-refractivity contribution >= 4 is 11.8 Å². The third kappa shape index (κ3) is 6.42. The molecular formula is C10H17F3O3. The van der Waals surface area contributed by atoms with Crippen LogP contribution in [0.2, 0.25) is 0 Å². The fourth-order valence-corrected chi connectivity index (χ4v) is 0.687. The standard InChI is InChI=1S/C8H11F3O3.C2H6/c1-4(2)14-7(13)5(3)6(12)8(9,10)11;1-2/h4-5H,1-3H3;1-2H3. The van der Waals surface area contributed by atoms with Crippen LogP contribution in [0.4, 0.5) is 13.2 Å². The minimum atomic E-state index is -4.99. The van der Waals surface area contributed by atoms with Gasteiger partial charge in [-0.2, -0.15) is 13.2 Å². The fraction of sp³-hybridized carbons (Fsp3) is 0.800. The van der Waals surface area contributed by atoms with Crippen molar-refractivity contribution in [3.8, 4) is 0 Å². The Morgan fingerprint density at radius 2 is 1.44 bits per heavy atom. The van der Waals surface area contributed by atoms with Crippen LogP contribution in [-0.2, 0) is 14.3 Å². The Hall–Kier alpha value is -1.07. The Morgan fingerprint density at radius 1 is 1.06 bits per heavy atom. The van der Waals surface area contributed by atoms with Gasteiger partial charge < -0.3 is 4.74 Å². The zero-order valence-corrected chi connectivity index (χ0v) is 10.0. The molecule has 0 saturated carbocycles. The molecule has 0 aromatic rings. The number of carbonyl (C=O) groups is 2. The molecule has 0 aliphatic heterocycles. The van der Waals surface area contributed by atoms with E-state index >= 15 is 0 Å². The van der Waals surface area contributed by atoms with Crippen LogP contribution in [0.1, 0.15) is 34.6 Å². The van der Waals surface area contributed by atoms with Crippen molar-refractivity contribution in [1.82, 2.24) is 0 Å². The summed E-state index contributed by atoms with van der Waals surface area (Å²) in [6.07, 6.45) is -5.53. The number of rotatable bonds is 3. The predicted octanol–water partition coefficient (Wildman–Crippen LogP) is 2.73. The van der Waals surface area contributed by atoms with E-state index in [2.05, 4.69) is 4.74 Å². The highest BCUT2D eigenvalue weighted by molar-refractivity contribution is 6.01. The third-order valence-corrected chi connectivity index (χ3v) is 1.38. The highest BCUT2D eigenvalue weighted by Crippen LogP contribution is 2.21. The highest BCUT2D eigenvalue weighted by atomic mass is 19.4. The van der Waals surface area contributed by atoms with Crippen LogP contribution in [0.25, 0.3) is 0 Å². The van der Waals surface area contributed by atoms with Crippen molar-refractivity contribution in [2.45, 2.75) is 46.9 Å². The lowest BCUT2D eigenvalue weighted by Gasteiger charge is -2.14. The second-order valence-electron chi connectivity index (χ2n) is 3.07. The number of ether oxygens (including phenoxy) is 1. The van der Waals surface area contributed by atoms with Gasteiger partial charge >= 0.3 is 12.1 Å². The van der Waals surface area contributed by atoms with Gasteiger partial charge in [0.2, 0.25) is 5.78 Å². The van der Waals surface area contributed by atoms with Crippen LogP contribution >= 0.6 is 0 Å². The average Bonchev–Trinajstić information content (AvgIpc) is 2.16. The maximum absolute atomic E-state index is 11.8. The van der Waals surface area contributed by atoms with Crippen molar-refractivity contribution in [3.63, 3.8) is 0 Å². The molecular weight excluding hydrogens is 225 g/mol. The second-order valence-corrected chi connectivity index (χ2v) is 3.07. The lowest BCUT2D eigenvalue weighted by molar-refractivity contribution is -0.181. The summed E-state index contributed by atoms with van der Waals surface area (Å²) in [6, 6.07) is 0. The molecule has 0 aromatic carbocycles. The molecule has 0 heterocycles. The largest absolute Gasteiger partial charge is 0.462 e. The first-order chi connectivity index (χ1) is 7.16. The number of alkyl halides is 3. The molecule has 0 rings (SSSR count). The molecule has 0 amide bonds. The van der Waals surface area contributed by atoms with Gasteiger partial charge in [0.25, 0.3) is 0 Å². The van der Waals surface area contributed by atoms with Crippen molar-refractivity contribution in [2.24, 2.45) is 5.92 Å². The molecule has 96 valence electrons. The molecule has 0 fully saturated rings. The zero-order chi connectivity index (χ0) is 13.5. The third-order valence-electron chi connectivity index (χ3n) is 1.38. The smallest absolute Gasteiger partial charge is 0.450 e. The molecule has 0 aromatic heterocycles. The number of esters is 1. The summed E-state index contributed by atoms with van der Waals surface area (Å²) in [4.78, 5) is 21.5. The molecule has 3 nitrogen and oxygen atoms in total. The second kappa shape index (κ2) is 7.24. The number of halogens is 3. The van der Waals surface area contributed by atoms with Crippen LogP contribution in [0.15, 0.2) is 0 Å². The molecule has 0 spiro atoms. The summed E-state index contributed by atoms with van der Waals surface area (Å²) in [7, 11) is 0. The minimum absolute atomic E-state index is 0.536. The van der Waals surface area contributed by atoms with Crippen LogP contribution in [-0.4, -0.2) is 24.0 Å². The first-order valence-corrected chi connectivity index (χ1v) is 4.97. The highest BCUT2D eigenvalue weighted by Gasteiger charge is 2.44. The predicted molar refractivity (Wildman–Crippen MR) is 52.8 cm³/mol. The molecule has 0 bridgehead atoms. The van der Waals surface area contributed by atoms with Gasteiger partial charge in [-0.15, -0.1) is 0 Å². The SMILES string of the molecule is CC.CC(C)OC(=O)C(C)C(=O)C(F)(F)F. The summed E-state index contributed by atoms with van der Waals surface area (Å²) in [5.41, 5.74) is 0. The van der Waals surface area contributed by atoms with Crippen LogP contribution in [0.3, 0.4) is 0 Å². The van der Waals surface area contributed by atoms with E-state index in [9.17, 15) is 22.8 Å². The van der Waals surface area contributed by atoms with Gasteiger partial charge in [0, 0.05) is 0 Å². The molecule has 16 heavy (non-hydrogen) atoms. The fourth-order valence-electron chi connectivity index (χ4n) is 0.687. The number of ketones is 1. The zero-order valence-electron chi connectivity index (χ0n) is 10.0. The quantitative estimate of drug-likeness (QED) is 0.564. The van der Waals surface area contributed by atoms with Crippen LogP contribution in [0.5, 0.6) is 0 Å². The van der Waals surface area contributed by atoms with Gasteiger partial charge in [-0.1, -0.05) is 13.8 Å². The van der Waals surface area contributed by atoms with E-state index in [0.717, 1.165) is 6.92 Å². The lowest BCUT2D eigenvalue weighted by Crippen LogP contribution is -2.35. The van der Waals surface area contributed by atoms with E-state index in [1.807, 2.05) is 13.8 Å². The van der Waals surface area contributed by atoms with E-state index in [4.69, 9.17) is 0 Å². The Kier molecular flexibility index (Phi) is 7.85. The minimum Gasteiger partial charge on any atom is -0.462 e. The Bertz CT molecular complexity index is 234. The molecule has 0 aliphatic carbocycles. The van der Waals surface area contributed by atoms with Gasteiger partial charge in [-0.05, 0) is 20.8 Å². The normalized spacial score (nSPS) is 12.6. The van der Waals surface area contributed by atoms with Crippen molar-refractivity contribution in [3.05, 3.63) is 0 Å². The Labute approximate surface area is 93.0 Å². The number of Topliss-reactive ketones (excluding diaryl/α,β-unsaturated/α-hetero) is 1. The van der Waals surface area contributed by atoms with E-state index in [0.29, 0.717) is 0 Å². The summed E-state index contributed by atoms with van der Waals surface area (Å²) in [5.74, 6) is -5.03. The van der Waals surface area contributed by atoms with Crippen LogP contribution in [0, 0.1) is 5.92 Å². The van der Waals surface area contributed by atoms with Gasteiger partial charge in [0.15, 0.2) is 0 Å². The van der Waals surface area contributed by atoms with E-state index in [-0.39, 0.29) is 0 Å². The molecule has 0 N–H and O–H groups in total. The monoisotopic (exact) mass is 242 g/mol. The van der Waals surface area contributed by atoms with Crippen molar-refractivity contribution < 1.29 is 27.5 Å². The maximum atomic E-state index is 11.8. The molecule has 1 atom stereocenters. The molecule has 0 saturated heterocycles. The lowest BCUT2D eigenvalue weighted by atomic mass is 10.1. The summed E-state index contributed by atoms with van der Waals surface area (Å²) in [6.45, 7) is 7.85. The number of hydrogen-bond acceptors (Lipinski definition) is 3. The Morgan fingerprint density at radius 3 is 1.69 bits per heavy atom. The van der Waals surface area contributed by atoms with Gasteiger partial charge in [0.1, 0.15) is 5.92 Å². The molecule has 1 unspecified atom stereocenters. The molecule has 0 radical (unpaired) electrons. The maximum Gasteiger partial charge on any atom is 0.450 e. The first kappa shape index (κ1) is 17.3. The average molecular weight is 242 g/mol. The molecule has 0 aliphatic rings. The summed E-state index contributed by atoms with van der Waals surface area (Å²) < 4.78 is 40.0. The van der Waals surface area contributed by atoms with Gasteiger partial charge in [0.05, 0.1) is 6.10 Å². The Balaban J connectivity index is 0. The van der Waals surface area contributed by atoms with Gasteiger partial charge in [-0.3, -0.25) is 9.59 Å².